The molecule has 142 heavy (non-hydrogen) atoms. The zero-order chi connectivity index (χ0) is 94.2. The standard InChI is InChI=1S/C49H34N4.C41H28N4.C40H26N4/c1-49(2)41-17-9-6-14-35(41)36-23-20-33(30-42(36)49)43-26-27-50-48(51-43)53-45-19-11-8-16-38(45)40-29-32(22-25-47(40)53)31-21-24-46-39(28-31)37-15-7-10-18-44(37)52(46)34-12-4-3-5-13-34;1-27-10-9-11-30(24-27)36-22-23-42-41(43-36)45-38-17-8-6-15-33(38)35-26-29(19-21-40(35)45)28-18-20-39-34(25-28)32-14-5-7-16-37(32)44(39)31-12-3-2-4-13-31;1-3-11-27(12-4-1)35-23-24-41-40(42-35)44-37-18-10-8-16-32(37)34-26-29(20-22-39(34)44)28-19-21-38-33(25-28)31-15-7-9-17-36(31)43(38)30-13-5-2-6-14-30/h3-30H,1-2H3;2-26H,1H3;1-26H. The summed E-state index contributed by atoms with van der Waals surface area (Å²) in [5.74, 6) is 2.00. The lowest BCUT2D eigenvalue weighted by molar-refractivity contribution is 0.660. The van der Waals surface area contributed by atoms with Gasteiger partial charge in [-0.1, -0.05) is 305 Å². The molecule has 0 fully saturated rings. The van der Waals surface area contributed by atoms with Gasteiger partial charge in [-0.3, -0.25) is 13.7 Å². The highest BCUT2D eigenvalue weighted by Crippen LogP contribution is 2.51. The van der Waals surface area contributed by atoms with Crippen molar-refractivity contribution in [3.05, 3.63) is 496 Å². The van der Waals surface area contributed by atoms with E-state index >= 15 is 0 Å². The molecule has 0 atom stereocenters. The first-order chi connectivity index (χ1) is 70.1. The summed E-state index contributed by atoms with van der Waals surface area (Å²) in [6.45, 7) is 6.75. The minimum Gasteiger partial charge on any atom is -0.309 e. The van der Waals surface area contributed by atoms with E-state index in [2.05, 4.69) is 473 Å². The zero-order valence-electron chi connectivity index (χ0n) is 78.0. The van der Waals surface area contributed by atoms with Gasteiger partial charge in [0.05, 0.1) is 83.3 Å². The van der Waals surface area contributed by atoms with Gasteiger partial charge in [0.15, 0.2) is 0 Å². The molecule has 668 valence electrons. The average molecular weight is 1820 g/mol. The molecule has 0 saturated heterocycles. The Labute approximate surface area is 818 Å². The normalized spacial score (nSPS) is 12.2. The van der Waals surface area contributed by atoms with Crippen LogP contribution in [0.4, 0.5) is 0 Å². The number of para-hydroxylation sites is 9. The molecule has 19 aromatic carbocycles. The molecule has 9 heterocycles. The molecule has 0 unspecified atom stereocenters. The van der Waals surface area contributed by atoms with Crippen LogP contribution in [0.1, 0.15) is 30.5 Å². The van der Waals surface area contributed by atoms with Gasteiger partial charge in [-0.25, -0.2) is 29.9 Å². The van der Waals surface area contributed by atoms with Crippen molar-refractivity contribution >= 4 is 131 Å². The van der Waals surface area contributed by atoms with Crippen molar-refractivity contribution < 1.29 is 0 Å². The van der Waals surface area contributed by atoms with Gasteiger partial charge in [-0.15, -0.1) is 0 Å². The van der Waals surface area contributed by atoms with Crippen molar-refractivity contribution in [2.45, 2.75) is 26.2 Å². The Kier molecular flexibility index (Phi) is 19.6. The van der Waals surface area contributed by atoms with Gasteiger partial charge in [-0.2, -0.15) is 0 Å². The fourth-order valence-corrected chi connectivity index (χ4v) is 22.3. The van der Waals surface area contributed by atoms with Crippen molar-refractivity contribution in [1.82, 2.24) is 57.3 Å². The van der Waals surface area contributed by atoms with Gasteiger partial charge < -0.3 is 13.7 Å². The summed E-state index contributed by atoms with van der Waals surface area (Å²) in [7, 11) is 0. The molecular weight excluding hydrogens is 1730 g/mol. The van der Waals surface area contributed by atoms with Crippen molar-refractivity contribution in [2.24, 2.45) is 0 Å². The average Bonchev–Trinajstić information content (AvgIpc) is 1.58. The Morgan fingerprint density at radius 2 is 0.430 bits per heavy atom. The van der Waals surface area contributed by atoms with Crippen LogP contribution < -0.4 is 0 Å². The summed E-state index contributed by atoms with van der Waals surface area (Å²) in [6, 6.07) is 165. The van der Waals surface area contributed by atoms with Crippen LogP contribution in [0.3, 0.4) is 0 Å². The van der Waals surface area contributed by atoms with Crippen LogP contribution >= 0.6 is 0 Å². The largest absolute Gasteiger partial charge is 0.309 e. The van der Waals surface area contributed by atoms with Gasteiger partial charge in [0.25, 0.3) is 0 Å². The van der Waals surface area contributed by atoms with E-state index in [9.17, 15) is 0 Å². The van der Waals surface area contributed by atoms with E-state index in [0.29, 0.717) is 17.8 Å². The molecule has 12 nitrogen and oxygen atoms in total. The highest BCUT2D eigenvalue weighted by atomic mass is 15.2. The molecule has 0 spiro atoms. The maximum Gasteiger partial charge on any atom is 0.235 e. The second-order valence-corrected chi connectivity index (χ2v) is 37.4. The second kappa shape index (κ2) is 33.6. The summed E-state index contributed by atoms with van der Waals surface area (Å²) in [5.41, 5.74) is 36.8. The molecule has 0 bridgehead atoms. The Balaban J connectivity index is 0.000000107. The van der Waals surface area contributed by atoms with Crippen molar-refractivity contribution in [1.29, 1.82) is 0 Å². The SMILES string of the molecule is CC1(C)c2ccccc2-c2ccc(-c3ccnc(-n4c5ccccc5c5cc(-c6ccc7c(c6)c6ccccc6n7-c6ccccc6)ccc54)n3)cc21.Cc1cccc(-c2ccnc(-n3c4ccccc4c4cc(-c5ccc6c(c5)c5ccccc5n6-c5ccccc5)ccc43)n2)c1.c1ccc(-c2ccnc(-n3c4ccccc4c4cc(-c5ccc6c(c5)c5ccccc5n6-c5ccccc5)ccc43)n2)cc1. The molecule has 28 aromatic rings. The van der Waals surface area contributed by atoms with E-state index in [0.717, 1.165) is 72.6 Å². The number of hydrogen-bond acceptors (Lipinski definition) is 6. The Morgan fingerprint density at radius 1 is 0.176 bits per heavy atom. The third-order valence-corrected chi connectivity index (χ3v) is 28.9. The van der Waals surface area contributed by atoms with Crippen LogP contribution in [0.5, 0.6) is 0 Å². The monoisotopic (exact) mass is 1820 g/mol. The third-order valence-electron chi connectivity index (χ3n) is 28.9. The van der Waals surface area contributed by atoms with Crippen LogP contribution in [0, 0.1) is 6.92 Å². The van der Waals surface area contributed by atoms with Crippen molar-refractivity contribution in [3.63, 3.8) is 0 Å². The van der Waals surface area contributed by atoms with Crippen LogP contribution in [0.25, 0.3) is 244 Å². The molecule has 0 N–H and O–H groups in total. The van der Waals surface area contributed by atoms with E-state index in [1.165, 1.54) is 170 Å². The first-order valence-corrected chi connectivity index (χ1v) is 48.3. The molecule has 0 saturated carbocycles. The number of rotatable bonds is 12. The van der Waals surface area contributed by atoms with Crippen LogP contribution in [0.15, 0.2) is 480 Å². The first kappa shape index (κ1) is 82.7. The number of benzene rings is 19. The Hall–Kier alpha value is -18.8. The van der Waals surface area contributed by atoms with Gasteiger partial charge in [0, 0.05) is 122 Å². The first-order valence-electron chi connectivity index (χ1n) is 48.3. The fraction of sp³-hybridized carbons (Fsp3) is 0.0308. The molecule has 29 rings (SSSR count). The Morgan fingerprint density at radius 3 is 0.768 bits per heavy atom. The number of aryl methyl sites for hydroxylation is 1. The molecule has 1 aliphatic rings. The maximum atomic E-state index is 5.23. The summed E-state index contributed by atoms with van der Waals surface area (Å²) >= 11 is 0. The maximum absolute atomic E-state index is 5.23. The second-order valence-electron chi connectivity index (χ2n) is 37.4. The molecule has 0 amide bonds. The minimum atomic E-state index is -0.0775. The van der Waals surface area contributed by atoms with Crippen LogP contribution in [-0.4, -0.2) is 57.3 Å². The molecule has 1 aliphatic carbocycles. The van der Waals surface area contributed by atoms with Gasteiger partial charge in [0.2, 0.25) is 17.8 Å². The quantitative estimate of drug-likeness (QED) is 0.121. The predicted octanol–water partition coefficient (Wildman–Crippen LogP) is 32.6. The van der Waals surface area contributed by atoms with Gasteiger partial charge >= 0.3 is 0 Å². The molecular formula is C130H88N12. The fourth-order valence-electron chi connectivity index (χ4n) is 22.3. The van der Waals surface area contributed by atoms with E-state index in [1.54, 1.807) is 0 Å². The van der Waals surface area contributed by atoms with E-state index < -0.39 is 0 Å². The summed E-state index contributed by atoms with van der Waals surface area (Å²) in [5, 5.41) is 14.6. The van der Waals surface area contributed by atoms with Gasteiger partial charge in [0.1, 0.15) is 0 Å². The van der Waals surface area contributed by atoms with Crippen LogP contribution in [-0.2, 0) is 5.41 Å². The summed E-state index contributed by atoms with van der Waals surface area (Å²) in [6.07, 6.45) is 5.59. The van der Waals surface area contributed by atoms with Crippen molar-refractivity contribution in [3.8, 4) is 113 Å². The molecule has 9 aromatic heterocycles. The highest BCUT2D eigenvalue weighted by molar-refractivity contribution is 6.17. The number of aromatic nitrogens is 12. The van der Waals surface area contributed by atoms with Crippen LogP contribution in [0.2, 0.25) is 0 Å². The van der Waals surface area contributed by atoms with E-state index in [-0.39, 0.29) is 5.41 Å². The molecule has 0 radical (unpaired) electrons. The topological polar surface area (TPSA) is 107 Å². The smallest absolute Gasteiger partial charge is 0.235 e. The lowest BCUT2D eigenvalue weighted by Crippen LogP contribution is -2.15. The van der Waals surface area contributed by atoms with E-state index in [1.807, 2.05) is 55.0 Å². The lowest BCUT2D eigenvalue weighted by atomic mass is 9.82. The highest BCUT2D eigenvalue weighted by Gasteiger charge is 2.36. The summed E-state index contributed by atoms with van der Waals surface area (Å²) in [4.78, 5) is 29.6. The lowest BCUT2D eigenvalue weighted by Gasteiger charge is -2.21. The number of nitrogens with zero attached hydrogens (tertiary/aromatic N) is 12. The number of hydrogen-bond donors (Lipinski definition) is 0. The third kappa shape index (κ3) is 13.7. The minimum absolute atomic E-state index is 0.0775. The molecule has 12 heteroatoms. The summed E-state index contributed by atoms with van der Waals surface area (Å²) < 4.78 is 13.6. The number of fused-ring (bicyclic) bond motifs is 21. The van der Waals surface area contributed by atoms with Gasteiger partial charge in [-0.05, 0) is 238 Å². The predicted molar refractivity (Wildman–Crippen MR) is 587 cm³/mol. The van der Waals surface area contributed by atoms with Crippen molar-refractivity contribution in [2.75, 3.05) is 0 Å². The molecule has 0 aliphatic heterocycles. The Bertz CT molecular complexity index is 9930. The van der Waals surface area contributed by atoms with E-state index in [4.69, 9.17) is 29.9 Å². The zero-order valence-corrected chi connectivity index (χ0v) is 78.0.